The quantitative estimate of drug-likeness (QED) is 0.790. The SMILES string of the molecule is CN(CC(C)(C)O)C(=O)c1ccc(S)cc1. The highest BCUT2D eigenvalue weighted by molar-refractivity contribution is 7.80. The highest BCUT2D eigenvalue weighted by atomic mass is 32.1. The van der Waals surface area contributed by atoms with Gasteiger partial charge in [0, 0.05) is 24.1 Å². The Balaban J connectivity index is 2.74. The second-order valence-electron chi connectivity index (χ2n) is 4.52. The third kappa shape index (κ3) is 3.87. The Morgan fingerprint density at radius 3 is 2.31 bits per heavy atom. The Morgan fingerprint density at radius 1 is 1.38 bits per heavy atom. The van der Waals surface area contributed by atoms with E-state index in [0.29, 0.717) is 12.1 Å². The van der Waals surface area contributed by atoms with Crippen molar-refractivity contribution in [2.24, 2.45) is 0 Å². The van der Waals surface area contributed by atoms with Crippen molar-refractivity contribution in [2.45, 2.75) is 24.3 Å². The molecule has 0 radical (unpaired) electrons. The lowest BCUT2D eigenvalue weighted by atomic mass is 10.1. The van der Waals surface area contributed by atoms with Crippen LogP contribution in [0.4, 0.5) is 0 Å². The van der Waals surface area contributed by atoms with Crippen LogP contribution in [0.3, 0.4) is 0 Å². The van der Waals surface area contributed by atoms with Crippen molar-refractivity contribution in [3.8, 4) is 0 Å². The fourth-order valence-corrected chi connectivity index (χ4v) is 1.63. The van der Waals surface area contributed by atoms with E-state index in [1.54, 1.807) is 45.2 Å². The number of thiol groups is 1. The van der Waals surface area contributed by atoms with E-state index in [-0.39, 0.29) is 5.91 Å². The van der Waals surface area contributed by atoms with E-state index in [1.807, 2.05) is 0 Å². The second kappa shape index (κ2) is 4.89. The molecule has 0 aliphatic rings. The van der Waals surface area contributed by atoms with E-state index in [9.17, 15) is 9.90 Å². The predicted molar refractivity (Wildman–Crippen MR) is 67.0 cm³/mol. The molecule has 88 valence electrons. The summed E-state index contributed by atoms with van der Waals surface area (Å²) in [5.74, 6) is -0.101. The highest BCUT2D eigenvalue weighted by Crippen LogP contribution is 2.11. The summed E-state index contributed by atoms with van der Waals surface area (Å²) < 4.78 is 0. The molecule has 0 aliphatic heterocycles. The fourth-order valence-electron chi connectivity index (χ4n) is 1.48. The summed E-state index contributed by atoms with van der Waals surface area (Å²) in [6.07, 6.45) is 0. The van der Waals surface area contributed by atoms with Crippen LogP contribution in [-0.4, -0.2) is 35.1 Å². The molecule has 1 amide bonds. The minimum atomic E-state index is -0.881. The van der Waals surface area contributed by atoms with Crippen molar-refractivity contribution in [1.29, 1.82) is 0 Å². The first-order valence-corrected chi connectivity index (χ1v) is 5.51. The molecule has 1 aromatic carbocycles. The molecule has 0 aliphatic carbocycles. The van der Waals surface area contributed by atoms with Gasteiger partial charge in [0.2, 0.25) is 0 Å². The van der Waals surface area contributed by atoms with Crippen LogP contribution in [0.25, 0.3) is 0 Å². The van der Waals surface area contributed by atoms with E-state index in [2.05, 4.69) is 12.6 Å². The molecular weight excluding hydrogens is 222 g/mol. The normalized spacial score (nSPS) is 11.3. The Kier molecular flexibility index (Phi) is 3.99. The second-order valence-corrected chi connectivity index (χ2v) is 5.04. The molecule has 0 saturated heterocycles. The van der Waals surface area contributed by atoms with Gasteiger partial charge < -0.3 is 10.0 Å². The summed E-state index contributed by atoms with van der Waals surface area (Å²) in [7, 11) is 1.68. The lowest BCUT2D eigenvalue weighted by Crippen LogP contribution is -2.39. The maximum Gasteiger partial charge on any atom is 0.253 e. The summed E-state index contributed by atoms with van der Waals surface area (Å²) in [6, 6.07) is 7.00. The molecule has 0 saturated carbocycles. The smallest absolute Gasteiger partial charge is 0.253 e. The van der Waals surface area contributed by atoms with Gasteiger partial charge in [-0.2, -0.15) is 0 Å². The molecule has 0 spiro atoms. The molecule has 0 bridgehead atoms. The number of aliphatic hydroxyl groups is 1. The van der Waals surface area contributed by atoms with E-state index < -0.39 is 5.60 Å². The molecule has 16 heavy (non-hydrogen) atoms. The summed E-state index contributed by atoms with van der Waals surface area (Å²) >= 11 is 4.16. The van der Waals surface area contributed by atoms with E-state index in [4.69, 9.17) is 0 Å². The zero-order valence-corrected chi connectivity index (χ0v) is 10.7. The molecule has 1 N–H and O–H groups in total. The van der Waals surface area contributed by atoms with Crippen LogP contribution in [0.1, 0.15) is 24.2 Å². The first-order valence-electron chi connectivity index (χ1n) is 5.06. The van der Waals surface area contributed by atoms with Gasteiger partial charge in [-0.05, 0) is 38.1 Å². The highest BCUT2D eigenvalue weighted by Gasteiger charge is 2.20. The Morgan fingerprint density at radius 2 is 1.88 bits per heavy atom. The van der Waals surface area contributed by atoms with Crippen molar-refractivity contribution in [3.05, 3.63) is 29.8 Å². The lowest BCUT2D eigenvalue weighted by molar-refractivity contribution is 0.0368. The summed E-state index contributed by atoms with van der Waals surface area (Å²) in [5.41, 5.74) is -0.280. The number of rotatable bonds is 3. The monoisotopic (exact) mass is 239 g/mol. The number of amides is 1. The van der Waals surface area contributed by atoms with Crippen LogP contribution in [0.5, 0.6) is 0 Å². The number of nitrogens with zero attached hydrogens (tertiary/aromatic N) is 1. The zero-order chi connectivity index (χ0) is 12.3. The van der Waals surface area contributed by atoms with Gasteiger partial charge in [0.1, 0.15) is 0 Å². The van der Waals surface area contributed by atoms with Gasteiger partial charge >= 0.3 is 0 Å². The van der Waals surface area contributed by atoms with Crippen LogP contribution >= 0.6 is 12.6 Å². The Labute approximate surface area is 101 Å². The van der Waals surface area contributed by atoms with Crippen LogP contribution in [-0.2, 0) is 0 Å². The molecule has 0 aromatic heterocycles. The summed E-state index contributed by atoms with van der Waals surface area (Å²) in [4.78, 5) is 14.3. The topological polar surface area (TPSA) is 40.5 Å². The molecule has 0 unspecified atom stereocenters. The molecule has 3 nitrogen and oxygen atoms in total. The molecule has 0 fully saturated rings. The van der Waals surface area contributed by atoms with Crippen molar-refractivity contribution in [1.82, 2.24) is 4.90 Å². The Bertz CT molecular complexity index is 368. The van der Waals surface area contributed by atoms with Gasteiger partial charge in [0.25, 0.3) is 5.91 Å². The fraction of sp³-hybridized carbons (Fsp3) is 0.417. The maximum absolute atomic E-state index is 11.9. The standard InChI is InChI=1S/C12H17NO2S/c1-12(2,15)8-13(3)11(14)9-4-6-10(16)7-5-9/h4-7,15-16H,8H2,1-3H3. The van der Waals surface area contributed by atoms with Gasteiger partial charge in [-0.3, -0.25) is 4.79 Å². The number of likely N-dealkylation sites (N-methyl/N-ethyl adjacent to an activating group) is 1. The first-order chi connectivity index (χ1) is 7.29. The van der Waals surface area contributed by atoms with E-state index >= 15 is 0 Å². The van der Waals surface area contributed by atoms with Crippen molar-refractivity contribution < 1.29 is 9.90 Å². The van der Waals surface area contributed by atoms with Crippen LogP contribution in [0, 0.1) is 0 Å². The van der Waals surface area contributed by atoms with Gasteiger partial charge in [0.05, 0.1) is 5.60 Å². The molecular formula is C12H17NO2S. The molecule has 1 rings (SSSR count). The third-order valence-corrected chi connectivity index (χ3v) is 2.38. The van der Waals surface area contributed by atoms with Gasteiger partial charge in [-0.1, -0.05) is 0 Å². The number of benzene rings is 1. The average molecular weight is 239 g/mol. The van der Waals surface area contributed by atoms with Crippen molar-refractivity contribution >= 4 is 18.5 Å². The maximum atomic E-state index is 11.9. The largest absolute Gasteiger partial charge is 0.389 e. The molecule has 0 atom stereocenters. The zero-order valence-electron chi connectivity index (χ0n) is 9.77. The molecule has 1 aromatic rings. The number of hydrogen-bond acceptors (Lipinski definition) is 3. The van der Waals surface area contributed by atoms with E-state index in [0.717, 1.165) is 4.90 Å². The number of carbonyl (C=O) groups is 1. The summed E-state index contributed by atoms with van der Waals surface area (Å²) in [6.45, 7) is 3.65. The molecule has 0 heterocycles. The van der Waals surface area contributed by atoms with Crippen LogP contribution in [0.15, 0.2) is 29.2 Å². The minimum Gasteiger partial charge on any atom is -0.389 e. The van der Waals surface area contributed by atoms with Crippen molar-refractivity contribution in [3.63, 3.8) is 0 Å². The molecule has 4 heteroatoms. The van der Waals surface area contributed by atoms with Gasteiger partial charge in [-0.25, -0.2) is 0 Å². The van der Waals surface area contributed by atoms with Crippen LogP contribution < -0.4 is 0 Å². The predicted octanol–water partition coefficient (Wildman–Crippen LogP) is 1.82. The Hall–Kier alpha value is -1.00. The van der Waals surface area contributed by atoms with Gasteiger partial charge in [0.15, 0.2) is 0 Å². The number of hydrogen-bond donors (Lipinski definition) is 2. The van der Waals surface area contributed by atoms with Crippen molar-refractivity contribution in [2.75, 3.05) is 13.6 Å². The average Bonchev–Trinajstić information content (AvgIpc) is 2.15. The number of carbonyl (C=O) groups excluding carboxylic acids is 1. The van der Waals surface area contributed by atoms with E-state index in [1.165, 1.54) is 4.90 Å². The summed E-state index contributed by atoms with van der Waals surface area (Å²) in [5, 5.41) is 9.62. The van der Waals surface area contributed by atoms with Crippen LogP contribution in [0.2, 0.25) is 0 Å². The third-order valence-electron chi connectivity index (χ3n) is 2.09. The first kappa shape index (κ1) is 13.1. The lowest BCUT2D eigenvalue weighted by Gasteiger charge is -2.25. The minimum absolute atomic E-state index is 0.101. The van der Waals surface area contributed by atoms with Gasteiger partial charge in [-0.15, -0.1) is 12.6 Å².